The van der Waals surface area contributed by atoms with E-state index in [-0.39, 0.29) is 29.2 Å². The number of halogens is 2. The van der Waals surface area contributed by atoms with Crippen molar-refractivity contribution in [3.63, 3.8) is 0 Å². The monoisotopic (exact) mass is 305 g/mol. The van der Waals surface area contributed by atoms with E-state index in [9.17, 15) is 12.8 Å². The van der Waals surface area contributed by atoms with Gasteiger partial charge in [0.05, 0.1) is 11.5 Å². The number of sulfone groups is 1. The van der Waals surface area contributed by atoms with Crippen LogP contribution in [0.15, 0.2) is 18.2 Å². The lowest BCUT2D eigenvalue weighted by molar-refractivity contribution is 0.366. The van der Waals surface area contributed by atoms with Crippen molar-refractivity contribution in [2.75, 3.05) is 18.1 Å². The third-order valence-electron chi connectivity index (χ3n) is 3.77. The van der Waals surface area contributed by atoms with Crippen molar-refractivity contribution < 1.29 is 12.8 Å². The Morgan fingerprint density at radius 2 is 2.21 bits per heavy atom. The van der Waals surface area contributed by atoms with Crippen LogP contribution in [0.1, 0.15) is 12.0 Å². The molecule has 0 spiro atoms. The molecule has 3 nitrogen and oxygen atoms in total. The predicted molar refractivity (Wildman–Crippen MR) is 74.4 cm³/mol. The summed E-state index contributed by atoms with van der Waals surface area (Å²) in [6.07, 6.45) is 0.998. The van der Waals surface area contributed by atoms with Crippen LogP contribution in [0.2, 0.25) is 5.02 Å². The molecule has 1 aromatic rings. The Bertz CT molecular complexity index is 542. The van der Waals surface area contributed by atoms with Gasteiger partial charge in [0.2, 0.25) is 0 Å². The summed E-state index contributed by atoms with van der Waals surface area (Å²) in [5.41, 5.74) is 6.16. The van der Waals surface area contributed by atoms with Crippen LogP contribution >= 0.6 is 11.6 Å². The van der Waals surface area contributed by atoms with Gasteiger partial charge in [-0.2, -0.15) is 0 Å². The zero-order chi connectivity index (χ0) is 14.0. The smallest absolute Gasteiger partial charge is 0.150 e. The Hall–Kier alpha value is -0.650. The van der Waals surface area contributed by atoms with Crippen LogP contribution < -0.4 is 5.73 Å². The summed E-state index contributed by atoms with van der Waals surface area (Å²) in [6, 6.07) is 4.55. The molecule has 1 aliphatic heterocycles. The molecule has 1 aliphatic rings. The third kappa shape index (κ3) is 3.46. The Kier molecular flexibility index (Phi) is 4.48. The van der Waals surface area contributed by atoms with Gasteiger partial charge in [0, 0.05) is 10.6 Å². The fraction of sp³-hybridized carbons (Fsp3) is 0.538. The number of benzene rings is 1. The summed E-state index contributed by atoms with van der Waals surface area (Å²) in [6.45, 7) is 0.338. The van der Waals surface area contributed by atoms with Crippen molar-refractivity contribution in [2.24, 2.45) is 17.6 Å². The molecule has 2 rings (SSSR count). The molecule has 0 bridgehead atoms. The molecule has 0 radical (unpaired) electrons. The lowest BCUT2D eigenvalue weighted by Crippen LogP contribution is -2.27. The summed E-state index contributed by atoms with van der Waals surface area (Å²) in [7, 11) is -2.95. The molecular formula is C13H17ClFNO2S. The minimum Gasteiger partial charge on any atom is -0.330 e. The van der Waals surface area contributed by atoms with Crippen LogP contribution in [0.5, 0.6) is 0 Å². The molecule has 2 unspecified atom stereocenters. The van der Waals surface area contributed by atoms with Crippen molar-refractivity contribution in [2.45, 2.75) is 12.8 Å². The highest BCUT2D eigenvalue weighted by Crippen LogP contribution is 2.30. The molecule has 19 heavy (non-hydrogen) atoms. The van der Waals surface area contributed by atoms with Crippen molar-refractivity contribution in [1.82, 2.24) is 0 Å². The van der Waals surface area contributed by atoms with E-state index in [4.69, 9.17) is 17.3 Å². The van der Waals surface area contributed by atoms with Gasteiger partial charge < -0.3 is 5.73 Å². The molecule has 0 aliphatic carbocycles. The molecule has 0 saturated carbocycles. The average molecular weight is 306 g/mol. The van der Waals surface area contributed by atoms with E-state index in [1.54, 1.807) is 12.1 Å². The van der Waals surface area contributed by atoms with Gasteiger partial charge in [-0.05, 0) is 43.4 Å². The average Bonchev–Trinajstić information content (AvgIpc) is 2.69. The van der Waals surface area contributed by atoms with Gasteiger partial charge in [0.25, 0.3) is 0 Å². The Labute approximate surface area is 117 Å². The van der Waals surface area contributed by atoms with Crippen LogP contribution in [0.3, 0.4) is 0 Å². The number of hydrogen-bond acceptors (Lipinski definition) is 3. The molecule has 6 heteroatoms. The van der Waals surface area contributed by atoms with Crippen LogP contribution in [0.25, 0.3) is 0 Å². The third-order valence-corrected chi connectivity index (χ3v) is 5.91. The standard InChI is InChI=1S/C13H17ClFNO2S/c14-12-2-1-3-13(15)11(12)6-10(7-16)9-4-5-19(17,18)8-9/h1-3,9-10H,4-8,16H2. The van der Waals surface area contributed by atoms with Crippen LogP contribution in [0, 0.1) is 17.7 Å². The van der Waals surface area contributed by atoms with Gasteiger partial charge in [-0.15, -0.1) is 0 Å². The second-order valence-corrected chi connectivity index (χ2v) is 7.70. The van der Waals surface area contributed by atoms with Gasteiger partial charge in [-0.1, -0.05) is 17.7 Å². The summed E-state index contributed by atoms with van der Waals surface area (Å²) in [5.74, 6) is -0.0377. The van der Waals surface area contributed by atoms with E-state index in [0.717, 1.165) is 0 Å². The molecule has 2 atom stereocenters. The molecule has 0 aromatic heterocycles. The first-order valence-corrected chi connectivity index (χ1v) is 8.46. The minimum absolute atomic E-state index is 0.00525. The van der Waals surface area contributed by atoms with Gasteiger partial charge in [0.1, 0.15) is 5.82 Å². The molecule has 1 heterocycles. The molecule has 1 saturated heterocycles. The van der Waals surface area contributed by atoms with Crippen molar-refractivity contribution in [3.8, 4) is 0 Å². The van der Waals surface area contributed by atoms with E-state index >= 15 is 0 Å². The molecule has 1 aromatic carbocycles. The summed E-state index contributed by atoms with van der Waals surface area (Å²) < 4.78 is 36.8. The first-order valence-electron chi connectivity index (χ1n) is 6.26. The van der Waals surface area contributed by atoms with Crippen LogP contribution in [-0.4, -0.2) is 26.5 Å². The van der Waals surface area contributed by atoms with E-state index in [1.165, 1.54) is 6.07 Å². The zero-order valence-electron chi connectivity index (χ0n) is 10.5. The highest BCUT2D eigenvalue weighted by Gasteiger charge is 2.33. The maximum atomic E-state index is 13.7. The van der Waals surface area contributed by atoms with Gasteiger partial charge in [-0.3, -0.25) is 0 Å². The van der Waals surface area contributed by atoms with Crippen LogP contribution in [0.4, 0.5) is 4.39 Å². The lowest BCUT2D eigenvalue weighted by Gasteiger charge is -2.21. The quantitative estimate of drug-likeness (QED) is 0.926. The number of hydrogen-bond donors (Lipinski definition) is 1. The normalized spacial score (nSPS) is 23.4. The van der Waals surface area contributed by atoms with Crippen molar-refractivity contribution in [1.29, 1.82) is 0 Å². The lowest BCUT2D eigenvalue weighted by atomic mass is 9.86. The molecular weight excluding hydrogens is 289 g/mol. The second kappa shape index (κ2) is 5.77. The van der Waals surface area contributed by atoms with Crippen molar-refractivity contribution in [3.05, 3.63) is 34.6 Å². The second-order valence-electron chi connectivity index (χ2n) is 5.06. The fourth-order valence-corrected chi connectivity index (χ4v) is 4.79. The molecule has 0 amide bonds. The Morgan fingerprint density at radius 1 is 1.47 bits per heavy atom. The summed E-state index contributed by atoms with van der Waals surface area (Å²) in [4.78, 5) is 0. The minimum atomic E-state index is -2.95. The number of nitrogens with two attached hydrogens (primary N) is 1. The van der Waals surface area contributed by atoms with E-state index < -0.39 is 9.84 Å². The predicted octanol–water partition coefficient (Wildman–Crippen LogP) is 2.03. The molecule has 1 fully saturated rings. The van der Waals surface area contributed by atoms with E-state index in [0.29, 0.717) is 30.0 Å². The molecule has 2 N–H and O–H groups in total. The zero-order valence-corrected chi connectivity index (χ0v) is 12.1. The Morgan fingerprint density at radius 3 is 2.74 bits per heavy atom. The largest absolute Gasteiger partial charge is 0.330 e. The maximum Gasteiger partial charge on any atom is 0.150 e. The topological polar surface area (TPSA) is 60.2 Å². The maximum absolute atomic E-state index is 13.7. The fourth-order valence-electron chi connectivity index (χ4n) is 2.63. The highest BCUT2D eigenvalue weighted by atomic mass is 35.5. The van der Waals surface area contributed by atoms with E-state index in [2.05, 4.69) is 0 Å². The molecule has 106 valence electrons. The number of rotatable bonds is 4. The SMILES string of the molecule is NCC(Cc1c(F)cccc1Cl)C1CCS(=O)(=O)C1. The van der Waals surface area contributed by atoms with Crippen LogP contribution in [-0.2, 0) is 16.3 Å². The highest BCUT2D eigenvalue weighted by molar-refractivity contribution is 7.91. The van der Waals surface area contributed by atoms with Crippen molar-refractivity contribution >= 4 is 21.4 Å². The van der Waals surface area contributed by atoms with Gasteiger partial charge >= 0.3 is 0 Å². The first-order chi connectivity index (χ1) is 8.93. The van der Waals surface area contributed by atoms with Gasteiger partial charge in [-0.25, -0.2) is 12.8 Å². The van der Waals surface area contributed by atoms with Gasteiger partial charge in [0.15, 0.2) is 9.84 Å². The summed E-state index contributed by atoms with van der Waals surface area (Å²) in [5, 5.41) is 0.374. The Balaban J connectivity index is 2.16. The first kappa shape index (κ1) is 14.8. The summed E-state index contributed by atoms with van der Waals surface area (Å²) >= 11 is 5.99. The van der Waals surface area contributed by atoms with E-state index in [1.807, 2.05) is 0 Å².